The number of benzene rings is 2. The molecule has 1 N–H and O–H groups in total. The maximum absolute atomic E-state index is 11.8. The lowest BCUT2D eigenvalue weighted by Crippen LogP contribution is -2.19. The highest BCUT2D eigenvalue weighted by atomic mass is 16.2. The molecule has 0 bridgehead atoms. The molecule has 1 heterocycles. The van der Waals surface area contributed by atoms with E-state index in [-0.39, 0.29) is 5.91 Å². The van der Waals surface area contributed by atoms with Crippen LogP contribution in [0.3, 0.4) is 0 Å². The molecule has 3 aromatic rings. The highest BCUT2D eigenvalue weighted by molar-refractivity contribution is 5.99. The van der Waals surface area contributed by atoms with Crippen molar-refractivity contribution >= 4 is 23.0 Å². The van der Waals surface area contributed by atoms with Gasteiger partial charge in [0.1, 0.15) is 0 Å². The molecule has 1 amide bonds. The zero-order valence-corrected chi connectivity index (χ0v) is 12.4. The van der Waals surface area contributed by atoms with Gasteiger partial charge >= 0.3 is 0 Å². The number of hydrazone groups is 1. The minimum atomic E-state index is -0.123. The molecule has 110 valence electrons. The van der Waals surface area contributed by atoms with Gasteiger partial charge < -0.3 is 4.57 Å². The zero-order chi connectivity index (χ0) is 15.4. The van der Waals surface area contributed by atoms with Gasteiger partial charge in [0.25, 0.3) is 0 Å². The number of carbonyl (C=O) groups excluding carboxylic acids is 1. The summed E-state index contributed by atoms with van der Waals surface area (Å²) in [5.74, 6) is -0.123. The predicted octanol–water partition coefficient (Wildman–Crippen LogP) is 2.87. The van der Waals surface area contributed by atoms with Crippen LogP contribution in [0.5, 0.6) is 0 Å². The predicted molar refractivity (Wildman–Crippen MR) is 88.8 cm³/mol. The molecule has 4 nitrogen and oxygen atoms in total. The Balaban J connectivity index is 1.67. The van der Waals surface area contributed by atoms with Gasteiger partial charge in [-0.05, 0) is 11.6 Å². The van der Waals surface area contributed by atoms with Gasteiger partial charge in [-0.15, -0.1) is 0 Å². The molecular weight excluding hydrogens is 274 g/mol. The van der Waals surface area contributed by atoms with Gasteiger partial charge in [0.05, 0.1) is 12.6 Å². The Kier molecular flexibility index (Phi) is 4.01. The molecule has 0 spiro atoms. The van der Waals surface area contributed by atoms with Crippen LogP contribution in [-0.2, 0) is 18.3 Å². The van der Waals surface area contributed by atoms with Gasteiger partial charge in [0, 0.05) is 29.7 Å². The number of para-hydroxylation sites is 1. The monoisotopic (exact) mass is 291 g/mol. The SMILES string of the molecule is Cn1cc(/C=N/NC(=O)Cc2ccccc2)c2ccccc21. The average molecular weight is 291 g/mol. The molecule has 0 fully saturated rings. The van der Waals surface area contributed by atoms with Crippen LogP contribution in [0.4, 0.5) is 0 Å². The second kappa shape index (κ2) is 6.26. The van der Waals surface area contributed by atoms with Gasteiger partial charge in [-0.2, -0.15) is 5.10 Å². The van der Waals surface area contributed by atoms with Crippen LogP contribution in [0.25, 0.3) is 10.9 Å². The number of fused-ring (bicyclic) bond motifs is 1. The fraction of sp³-hybridized carbons (Fsp3) is 0.111. The second-order valence-corrected chi connectivity index (χ2v) is 5.17. The fourth-order valence-corrected chi connectivity index (χ4v) is 2.47. The summed E-state index contributed by atoms with van der Waals surface area (Å²) in [4.78, 5) is 11.8. The molecule has 0 atom stereocenters. The number of aryl methyl sites for hydroxylation is 1. The molecule has 0 saturated carbocycles. The lowest BCUT2D eigenvalue weighted by Gasteiger charge is -1.99. The van der Waals surface area contributed by atoms with E-state index in [0.29, 0.717) is 6.42 Å². The van der Waals surface area contributed by atoms with Crippen molar-refractivity contribution in [2.45, 2.75) is 6.42 Å². The van der Waals surface area contributed by atoms with Gasteiger partial charge in [-0.25, -0.2) is 5.43 Å². The quantitative estimate of drug-likeness (QED) is 0.583. The van der Waals surface area contributed by atoms with Crippen molar-refractivity contribution in [3.05, 3.63) is 71.9 Å². The van der Waals surface area contributed by atoms with Gasteiger partial charge in [-0.3, -0.25) is 4.79 Å². The molecule has 0 saturated heterocycles. The number of hydrogen-bond donors (Lipinski definition) is 1. The number of carbonyl (C=O) groups is 1. The number of nitrogens with zero attached hydrogens (tertiary/aromatic N) is 2. The van der Waals surface area contributed by atoms with Crippen molar-refractivity contribution in [2.75, 3.05) is 0 Å². The molecule has 4 heteroatoms. The lowest BCUT2D eigenvalue weighted by molar-refractivity contribution is -0.120. The third kappa shape index (κ3) is 3.06. The third-order valence-corrected chi connectivity index (χ3v) is 3.53. The van der Waals surface area contributed by atoms with Crippen LogP contribution in [0.15, 0.2) is 65.9 Å². The molecule has 2 aromatic carbocycles. The Morgan fingerprint density at radius 3 is 2.68 bits per heavy atom. The first kappa shape index (κ1) is 14.1. The van der Waals surface area contributed by atoms with Crippen LogP contribution in [0.1, 0.15) is 11.1 Å². The topological polar surface area (TPSA) is 46.4 Å². The Bertz CT molecular complexity index is 819. The first-order valence-electron chi connectivity index (χ1n) is 7.14. The maximum Gasteiger partial charge on any atom is 0.244 e. The van der Waals surface area contributed by atoms with Crippen LogP contribution < -0.4 is 5.43 Å². The van der Waals surface area contributed by atoms with Crippen molar-refractivity contribution in [3.8, 4) is 0 Å². The normalized spacial score (nSPS) is 11.1. The highest BCUT2D eigenvalue weighted by Gasteiger charge is 2.04. The standard InChI is InChI=1S/C18H17N3O/c1-21-13-15(16-9-5-6-10-17(16)21)12-19-20-18(22)11-14-7-3-2-4-8-14/h2-10,12-13H,11H2,1H3,(H,20,22)/b19-12+. The van der Waals surface area contributed by atoms with Crippen LogP contribution >= 0.6 is 0 Å². The summed E-state index contributed by atoms with van der Waals surface area (Å²) in [6, 6.07) is 17.7. The second-order valence-electron chi connectivity index (χ2n) is 5.17. The van der Waals surface area contributed by atoms with E-state index in [1.165, 1.54) is 0 Å². The largest absolute Gasteiger partial charge is 0.350 e. The first-order valence-corrected chi connectivity index (χ1v) is 7.14. The number of nitrogens with one attached hydrogen (secondary N) is 1. The molecular formula is C18H17N3O. The summed E-state index contributed by atoms with van der Waals surface area (Å²) in [6.45, 7) is 0. The molecule has 0 radical (unpaired) electrons. The average Bonchev–Trinajstić information content (AvgIpc) is 2.85. The summed E-state index contributed by atoms with van der Waals surface area (Å²) in [5.41, 5.74) is 5.67. The number of aromatic nitrogens is 1. The summed E-state index contributed by atoms with van der Waals surface area (Å²) >= 11 is 0. The minimum absolute atomic E-state index is 0.123. The van der Waals surface area contributed by atoms with E-state index in [2.05, 4.69) is 16.6 Å². The Morgan fingerprint density at radius 2 is 1.86 bits per heavy atom. The Hall–Kier alpha value is -2.88. The first-order chi connectivity index (χ1) is 10.7. The van der Waals surface area contributed by atoms with Crippen LogP contribution in [0.2, 0.25) is 0 Å². The Morgan fingerprint density at radius 1 is 1.14 bits per heavy atom. The smallest absolute Gasteiger partial charge is 0.244 e. The molecule has 0 aliphatic heterocycles. The fourth-order valence-electron chi connectivity index (χ4n) is 2.47. The van der Waals surface area contributed by atoms with Crippen molar-refractivity contribution in [2.24, 2.45) is 12.1 Å². The van der Waals surface area contributed by atoms with E-state index < -0.39 is 0 Å². The van der Waals surface area contributed by atoms with E-state index in [1.54, 1.807) is 6.21 Å². The summed E-state index contributed by atoms with van der Waals surface area (Å²) in [6.07, 6.45) is 4.01. The maximum atomic E-state index is 11.8. The van der Waals surface area contributed by atoms with E-state index >= 15 is 0 Å². The van der Waals surface area contributed by atoms with Crippen molar-refractivity contribution in [3.63, 3.8) is 0 Å². The van der Waals surface area contributed by atoms with Gasteiger partial charge in [-0.1, -0.05) is 48.5 Å². The van der Waals surface area contributed by atoms with E-state index in [4.69, 9.17) is 0 Å². The van der Waals surface area contributed by atoms with Crippen molar-refractivity contribution in [1.29, 1.82) is 0 Å². The summed E-state index contributed by atoms with van der Waals surface area (Å²) < 4.78 is 2.04. The van der Waals surface area contributed by atoms with Crippen LogP contribution in [0, 0.1) is 0 Å². The lowest BCUT2D eigenvalue weighted by atomic mass is 10.1. The number of rotatable bonds is 4. The zero-order valence-electron chi connectivity index (χ0n) is 12.4. The van der Waals surface area contributed by atoms with E-state index in [0.717, 1.165) is 22.0 Å². The van der Waals surface area contributed by atoms with Crippen LogP contribution in [-0.4, -0.2) is 16.7 Å². The van der Waals surface area contributed by atoms with Crippen molar-refractivity contribution in [1.82, 2.24) is 9.99 Å². The molecule has 22 heavy (non-hydrogen) atoms. The Labute approximate surface area is 129 Å². The molecule has 0 aliphatic rings. The van der Waals surface area contributed by atoms with Crippen molar-refractivity contribution < 1.29 is 4.79 Å². The third-order valence-electron chi connectivity index (χ3n) is 3.53. The number of amides is 1. The van der Waals surface area contributed by atoms with E-state index in [1.807, 2.05) is 66.3 Å². The minimum Gasteiger partial charge on any atom is -0.350 e. The molecule has 0 unspecified atom stereocenters. The molecule has 0 aliphatic carbocycles. The van der Waals surface area contributed by atoms with E-state index in [9.17, 15) is 4.79 Å². The summed E-state index contributed by atoms with van der Waals surface area (Å²) in [7, 11) is 1.99. The summed E-state index contributed by atoms with van der Waals surface area (Å²) in [5, 5.41) is 5.18. The van der Waals surface area contributed by atoms with Gasteiger partial charge in [0.15, 0.2) is 0 Å². The highest BCUT2D eigenvalue weighted by Crippen LogP contribution is 2.18. The number of hydrogen-bond acceptors (Lipinski definition) is 2. The van der Waals surface area contributed by atoms with Gasteiger partial charge in [0.2, 0.25) is 5.91 Å². The molecule has 1 aromatic heterocycles. The molecule has 3 rings (SSSR count).